The van der Waals surface area contributed by atoms with E-state index in [4.69, 9.17) is 0 Å². The molecule has 4 rings (SSSR count). The van der Waals surface area contributed by atoms with Crippen LogP contribution in [0.25, 0.3) is 0 Å². The molecule has 2 saturated carbocycles. The fourth-order valence-corrected chi connectivity index (χ4v) is 4.85. The first-order valence-corrected chi connectivity index (χ1v) is 8.89. The maximum Gasteiger partial charge on any atom is 0.0233 e. The van der Waals surface area contributed by atoms with E-state index < -0.39 is 0 Å². The molecule has 2 bridgehead atoms. The molecule has 1 aromatic rings. The third-order valence-electron chi connectivity index (χ3n) is 6.02. The third kappa shape index (κ3) is 3.17. The van der Waals surface area contributed by atoms with Gasteiger partial charge in [-0.15, -0.1) is 0 Å². The van der Waals surface area contributed by atoms with E-state index in [1.54, 1.807) is 0 Å². The smallest absolute Gasteiger partial charge is 0.0233 e. The topological polar surface area (TPSA) is 15.3 Å². The maximum atomic E-state index is 4.01. The summed E-state index contributed by atoms with van der Waals surface area (Å²) in [6, 6.07) is 12.5. The van der Waals surface area contributed by atoms with E-state index in [1.165, 1.54) is 57.2 Å². The highest BCUT2D eigenvalue weighted by Crippen LogP contribution is 2.44. The highest BCUT2D eigenvalue weighted by molar-refractivity contribution is 5.14. The Morgan fingerprint density at radius 2 is 1.76 bits per heavy atom. The van der Waals surface area contributed by atoms with Crippen LogP contribution in [0.15, 0.2) is 30.3 Å². The fourth-order valence-electron chi connectivity index (χ4n) is 4.85. The van der Waals surface area contributed by atoms with Crippen molar-refractivity contribution in [3.05, 3.63) is 35.9 Å². The van der Waals surface area contributed by atoms with Crippen LogP contribution in [0.5, 0.6) is 0 Å². The van der Waals surface area contributed by atoms with E-state index in [-0.39, 0.29) is 0 Å². The Morgan fingerprint density at radius 1 is 0.952 bits per heavy atom. The molecule has 0 unspecified atom stereocenters. The van der Waals surface area contributed by atoms with Crippen molar-refractivity contribution in [2.75, 3.05) is 13.1 Å². The van der Waals surface area contributed by atoms with Gasteiger partial charge >= 0.3 is 0 Å². The Bertz CT molecular complexity index is 450. The molecule has 3 atom stereocenters. The van der Waals surface area contributed by atoms with Crippen LogP contribution in [0.4, 0.5) is 0 Å². The first-order valence-electron chi connectivity index (χ1n) is 8.89. The van der Waals surface area contributed by atoms with Gasteiger partial charge in [0, 0.05) is 18.6 Å². The molecular weight excluding hydrogens is 256 g/mol. The monoisotopic (exact) mass is 284 g/mol. The minimum atomic E-state index is 0.779. The Labute approximate surface area is 128 Å². The summed E-state index contributed by atoms with van der Waals surface area (Å²) in [6.07, 6.45) is 8.66. The molecule has 114 valence electrons. The van der Waals surface area contributed by atoms with Crippen molar-refractivity contribution in [1.29, 1.82) is 0 Å². The van der Waals surface area contributed by atoms with Gasteiger partial charge in [-0.1, -0.05) is 36.8 Å². The van der Waals surface area contributed by atoms with Gasteiger partial charge in [-0.25, -0.2) is 0 Å². The zero-order valence-electron chi connectivity index (χ0n) is 13.0. The van der Waals surface area contributed by atoms with E-state index in [9.17, 15) is 0 Å². The van der Waals surface area contributed by atoms with Crippen LogP contribution < -0.4 is 5.32 Å². The standard InChI is InChI=1S/C19H28N2/c1-2-4-15(5-3-1)14-21-10-8-18(9-11-21)20-19-13-16-6-7-17(19)12-16/h1-5,16-20H,6-14H2/t16-,17-,19-/m0/s1. The van der Waals surface area contributed by atoms with Crippen LogP contribution >= 0.6 is 0 Å². The lowest BCUT2D eigenvalue weighted by Gasteiger charge is -2.35. The van der Waals surface area contributed by atoms with E-state index in [2.05, 4.69) is 40.5 Å². The Hall–Kier alpha value is -0.860. The average Bonchev–Trinajstić information content (AvgIpc) is 3.13. The molecule has 1 saturated heterocycles. The molecule has 1 aromatic carbocycles. The summed E-state index contributed by atoms with van der Waals surface area (Å²) in [5.41, 5.74) is 1.46. The molecular formula is C19H28N2. The van der Waals surface area contributed by atoms with Gasteiger partial charge in [0.1, 0.15) is 0 Å². The Kier molecular flexibility index (Phi) is 4.00. The van der Waals surface area contributed by atoms with E-state index in [0.29, 0.717) is 0 Å². The molecule has 0 spiro atoms. The summed E-state index contributed by atoms with van der Waals surface area (Å²) in [5.74, 6) is 2.07. The summed E-state index contributed by atoms with van der Waals surface area (Å²) in [4.78, 5) is 2.62. The van der Waals surface area contributed by atoms with Gasteiger partial charge in [0.2, 0.25) is 0 Å². The molecule has 2 nitrogen and oxygen atoms in total. The molecule has 1 N–H and O–H groups in total. The van der Waals surface area contributed by atoms with Crippen molar-refractivity contribution < 1.29 is 0 Å². The Morgan fingerprint density at radius 3 is 2.43 bits per heavy atom. The lowest BCUT2D eigenvalue weighted by atomic mass is 9.93. The second-order valence-electron chi connectivity index (χ2n) is 7.48. The molecule has 3 aliphatic rings. The zero-order valence-corrected chi connectivity index (χ0v) is 13.0. The van der Waals surface area contributed by atoms with Crippen LogP contribution in [-0.4, -0.2) is 30.1 Å². The van der Waals surface area contributed by atoms with Crippen molar-refractivity contribution in [1.82, 2.24) is 10.2 Å². The number of hydrogen-bond donors (Lipinski definition) is 1. The van der Waals surface area contributed by atoms with Crippen molar-refractivity contribution in [3.63, 3.8) is 0 Å². The van der Waals surface area contributed by atoms with E-state index in [0.717, 1.165) is 30.5 Å². The van der Waals surface area contributed by atoms with Crippen LogP contribution in [0.3, 0.4) is 0 Å². The summed E-state index contributed by atoms with van der Waals surface area (Å²) < 4.78 is 0. The normalized spacial score (nSPS) is 33.6. The predicted molar refractivity (Wildman–Crippen MR) is 87.1 cm³/mol. The molecule has 1 aliphatic heterocycles. The number of nitrogens with zero attached hydrogens (tertiary/aromatic N) is 1. The van der Waals surface area contributed by atoms with Gasteiger partial charge in [-0.2, -0.15) is 0 Å². The van der Waals surface area contributed by atoms with Crippen LogP contribution in [0, 0.1) is 11.8 Å². The minimum Gasteiger partial charge on any atom is -0.311 e. The van der Waals surface area contributed by atoms with Gasteiger partial charge in [0.25, 0.3) is 0 Å². The number of benzene rings is 1. The molecule has 3 fully saturated rings. The number of hydrogen-bond acceptors (Lipinski definition) is 2. The van der Waals surface area contributed by atoms with Crippen molar-refractivity contribution >= 4 is 0 Å². The largest absolute Gasteiger partial charge is 0.311 e. The SMILES string of the molecule is c1ccc(CN2CCC(N[C@H]3C[C@H]4CC[C@H]3C4)CC2)cc1. The van der Waals surface area contributed by atoms with Crippen LogP contribution in [-0.2, 0) is 6.54 Å². The quantitative estimate of drug-likeness (QED) is 0.911. The first kappa shape index (κ1) is 13.8. The van der Waals surface area contributed by atoms with Gasteiger partial charge in [0.15, 0.2) is 0 Å². The summed E-state index contributed by atoms with van der Waals surface area (Å²) >= 11 is 0. The molecule has 0 aromatic heterocycles. The number of fused-ring (bicyclic) bond motifs is 2. The van der Waals surface area contributed by atoms with Gasteiger partial charge in [0.05, 0.1) is 0 Å². The van der Waals surface area contributed by atoms with Gasteiger partial charge in [-0.3, -0.25) is 4.90 Å². The van der Waals surface area contributed by atoms with Gasteiger partial charge in [-0.05, 0) is 62.6 Å². The Balaban J connectivity index is 1.23. The second kappa shape index (κ2) is 6.10. The maximum absolute atomic E-state index is 4.01. The van der Waals surface area contributed by atoms with E-state index >= 15 is 0 Å². The molecule has 1 heterocycles. The lowest BCUT2D eigenvalue weighted by molar-refractivity contribution is 0.175. The highest BCUT2D eigenvalue weighted by atomic mass is 15.1. The van der Waals surface area contributed by atoms with Crippen molar-refractivity contribution in [2.45, 2.75) is 57.2 Å². The lowest BCUT2D eigenvalue weighted by Crippen LogP contribution is -2.47. The van der Waals surface area contributed by atoms with Gasteiger partial charge < -0.3 is 5.32 Å². The van der Waals surface area contributed by atoms with Crippen molar-refractivity contribution in [3.8, 4) is 0 Å². The fraction of sp³-hybridized carbons (Fsp3) is 0.684. The summed E-state index contributed by atoms with van der Waals surface area (Å²) in [6.45, 7) is 3.64. The highest BCUT2D eigenvalue weighted by Gasteiger charge is 2.40. The average molecular weight is 284 g/mol. The second-order valence-corrected chi connectivity index (χ2v) is 7.48. The molecule has 0 amide bonds. The number of likely N-dealkylation sites (tertiary alicyclic amines) is 1. The molecule has 2 aliphatic carbocycles. The third-order valence-corrected chi connectivity index (χ3v) is 6.02. The summed E-state index contributed by atoms with van der Waals surface area (Å²) in [5, 5.41) is 4.01. The number of nitrogens with one attached hydrogen (secondary N) is 1. The molecule has 21 heavy (non-hydrogen) atoms. The van der Waals surface area contributed by atoms with Crippen LogP contribution in [0.1, 0.15) is 44.1 Å². The predicted octanol–water partition coefficient (Wildman–Crippen LogP) is 3.43. The van der Waals surface area contributed by atoms with E-state index in [1.807, 2.05) is 0 Å². The molecule has 0 radical (unpaired) electrons. The summed E-state index contributed by atoms with van der Waals surface area (Å²) in [7, 11) is 0. The first-order chi connectivity index (χ1) is 10.4. The zero-order chi connectivity index (χ0) is 14.1. The molecule has 2 heteroatoms. The van der Waals surface area contributed by atoms with Crippen LogP contribution in [0.2, 0.25) is 0 Å². The number of rotatable bonds is 4. The number of piperidine rings is 1. The minimum absolute atomic E-state index is 0.779. The van der Waals surface area contributed by atoms with Crippen molar-refractivity contribution in [2.24, 2.45) is 11.8 Å².